The molecule has 1 aromatic rings. The third kappa shape index (κ3) is 4.96. The standard InChI is InChI=1S/C18H27ClFN/c1-3-10-21-18(14-6-4-13(2)5-7-14)11-15-8-9-16(20)12-17(15)19/h8-9,12-14,18,21H,3-7,10-11H2,1-2H3. The van der Waals surface area contributed by atoms with Crippen LogP contribution in [0.15, 0.2) is 18.2 Å². The zero-order chi connectivity index (χ0) is 15.2. The molecule has 0 heterocycles. The summed E-state index contributed by atoms with van der Waals surface area (Å²) in [4.78, 5) is 0. The first kappa shape index (κ1) is 16.8. The monoisotopic (exact) mass is 311 g/mol. The Morgan fingerprint density at radius 2 is 2.00 bits per heavy atom. The Bertz CT molecular complexity index is 441. The molecule has 1 nitrogen and oxygen atoms in total. The molecule has 1 unspecified atom stereocenters. The van der Waals surface area contributed by atoms with E-state index in [1.807, 2.05) is 6.07 Å². The minimum atomic E-state index is -0.256. The summed E-state index contributed by atoms with van der Waals surface area (Å²) in [6, 6.07) is 5.24. The lowest BCUT2D eigenvalue weighted by Gasteiger charge is -2.33. The second-order valence-corrected chi connectivity index (χ2v) is 6.93. The first-order valence-electron chi connectivity index (χ1n) is 8.27. The Kier molecular flexibility index (Phi) is 6.50. The van der Waals surface area contributed by atoms with Crippen LogP contribution in [0.3, 0.4) is 0 Å². The number of rotatable bonds is 6. The number of hydrogen-bond acceptors (Lipinski definition) is 1. The molecule has 0 aliphatic heterocycles. The molecule has 1 N–H and O–H groups in total. The largest absolute Gasteiger partial charge is 0.313 e. The van der Waals surface area contributed by atoms with Crippen molar-refractivity contribution < 1.29 is 4.39 Å². The van der Waals surface area contributed by atoms with Gasteiger partial charge in [0.15, 0.2) is 0 Å². The number of hydrogen-bond donors (Lipinski definition) is 1. The van der Waals surface area contributed by atoms with Crippen molar-refractivity contribution in [3.63, 3.8) is 0 Å². The van der Waals surface area contributed by atoms with E-state index < -0.39 is 0 Å². The second-order valence-electron chi connectivity index (χ2n) is 6.52. The summed E-state index contributed by atoms with van der Waals surface area (Å²) < 4.78 is 13.2. The minimum absolute atomic E-state index is 0.256. The van der Waals surface area contributed by atoms with Gasteiger partial charge in [-0.05, 0) is 61.8 Å². The minimum Gasteiger partial charge on any atom is -0.313 e. The van der Waals surface area contributed by atoms with Gasteiger partial charge in [-0.15, -0.1) is 0 Å². The molecule has 0 saturated heterocycles. The van der Waals surface area contributed by atoms with Crippen molar-refractivity contribution in [1.29, 1.82) is 0 Å². The van der Waals surface area contributed by atoms with E-state index in [4.69, 9.17) is 11.6 Å². The highest BCUT2D eigenvalue weighted by molar-refractivity contribution is 6.31. The van der Waals surface area contributed by atoms with Gasteiger partial charge < -0.3 is 5.32 Å². The van der Waals surface area contributed by atoms with Crippen molar-refractivity contribution in [2.24, 2.45) is 11.8 Å². The van der Waals surface area contributed by atoms with E-state index in [1.54, 1.807) is 0 Å². The summed E-state index contributed by atoms with van der Waals surface area (Å²) in [6.07, 6.45) is 7.27. The van der Waals surface area contributed by atoms with Gasteiger partial charge in [0.25, 0.3) is 0 Å². The van der Waals surface area contributed by atoms with Gasteiger partial charge in [-0.3, -0.25) is 0 Å². The molecule has 1 aliphatic rings. The maximum atomic E-state index is 13.2. The third-order valence-corrected chi connectivity index (χ3v) is 5.09. The van der Waals surface area contributed by atoms with E-state index in [2.05, 4.69) is 19.2 Å². The molecule has 0 spiro atoms. The number of halogens is 2. The van der Waals surface area contributed by atoms with Crippen LogP contribution in [-0.2, 0) is 6.42 Å². The molecule has 0 aromatic heterocycles. The molecule has 3 heteroatoms. The average molecular weight is 312 g/mol. The highest BCUT2D eigenvalue weighted by atomic mass is 35.5. The first-order valence-corrected chi connectivity index (χ1v) is 8.65. The van der Waals surface area contributed by atoms with E-state index in [1.165, 1.54) is 37.8 Å². The number of benzene rings is 1. The molecular formula is C18H27ClFN. The van der Waals surface area contributed by atoms with Crippen LogP contribution in [0.1, 0.15) is 51.5 Å². The predicted molar refractivity (Wildman–Crippen MR) is 88.3 cm³/mol. The summed E-state index contributed by atoms with van der Waals surface area (Å²) >= 11 is 6.20. The van der Waals surface area contributed by atoms with Gasteiger partial charge in [-0.2, -0.15) is 0 Å². The lowest BCUT2D eigenvalue weighted by Crippen LogP contribution is -2.40. The lowest BCUT2D eigenvalue weighted by atomic mass is 9.77. The predicted octanol–water partition coefficient (Wildman–Crippen LogP) is 5.22. The van der Waals surface area contributed by atoms with Crippen LogP contribution < -0.4 is 5.32 Å². The lowest BCUT2D eigenvalue weighted by molar-refractivity contribution is 0.229. The first-order chi connectivity index (χ1) is 10.1. The molecular weight excluding hydrogens is 285 g/mol. The maximum Gasteiger partial charge on any atom is 0.124 e. The fraction of sp³-hybridized carbons (Fsp3) is 0.667. The topological polar surface area (TPSA) is 12.0 Å². The number of nitrogens with one attached hydrogen (secondary N) is 1. The zero-order valence-electron chi connectivity index (χ0n) is 13.2. The Hall–Kier alpha value is -0.600. The molecule has 21 heavy (non-hydrogen) atoms. The molecule has 1 atom stereocenters. The van der Waals surface area contributed by atoms with Crippen molar-refractivity contribution in [3.05, 3.63) is 34.6 Å². The van der Waals surface area contributed by atoms with Crippen molar-refractivity contribution in [2.45, 2.75) is 58.4 Å². The van der Waals surface area contributed by atoms with Crippen LogP contribution in [0.4, 0.5) is 4.39 Å². The van der Waals surface area contributed by atoms with Crippen molar-refractivity contribution in [1.82, 2.24) is 5.32 Å². The fourth-order valence-electron chi connectivity index (χ4n) is 3.35. The molecule has 0 bridgehead atoms. The summed E-state index contributed by atoms with van der Waals surface area (Å²) in [7, 11) is 0. The molecule has 1 saturated carbocycles. The normalized spacial score (nSPS) is 24.0. The van der Waals surface area contributed by atoms with Crippen molar-refractivity contribution in [3.8, 4) is 0 Å². The third-order valence-electron chi connectivity index (χ3n) is 4.74. The molecule has 1 fully saturated rings. The van der Waals surface area contributed by atoms with E-state index in [0.717, 1.165) is 30.9 Å². The molecule has 1 aliphatic carbocycles. The van der Waals surface area contributed by atoms with E-state index in [-0.39, 0.29) is 5.82 Å². The maximum absolute atomic E-state index is 13.2. The SMILES string of the molecule is CCCNC(Cc1ccc(F)cc1Cl)C1CCC(C)CC1. The van der Waals surface area contributed by atoms with Gasteiger partial charge in [0.2, 0.25) is 0 Å². The Balaban J connectivity index is 2.04. The van der Waals surface area contributed by atoms with Crippen molar-refractivity contribution >= 4 is 11.6 Å². The second kappa shape index (κ2) is 8.14. The quantitative estimate of drug-likeness (QED) is 0.760. The highest BCUT2D eigenvalue weighted by Gasteiger charge is 2.26. The van der Waals surface area contributed by atoms with Crippen LogP contribution >= 0.6 is 11.6 Å². The summed E-state index contributed by atoms with van der Waals surface area (Å²) in [6.45, 7) is 5.58. The Morgan fingerprint density at radius 1 is 1.29 bits per heavy atom. The van der Waals surface area contributed by atoms with Gasteiger partial charge in [-0.1, -0.05) is 44.4 Å². The average Bonchev–Trinajstić information content (AvgIpc) is 2.46. The van der Waals surface area contributed by atoms with Crippen LogP contribution in [-0.4, -0.2) is 12.6 Å². The summed E-state index contributed by atoms with van der Waals surface area (Å²) in [5.74, 6) is 1.32. The molecule has 1 aromatic carbocycles. The van der Waals surface area contributed by atoms with Gasteiger partial charge in [0.1, 0.15) is 5.82 Å². The fourth-order valence-corrected chi connectivity index (χ4v) is 3.59. The van der Waals surface area contributed by atoms with Gasteiger partial charge in [0.05, 0.1) is 0 Å². The Morgan fingerprint density at radius 3 is 2.62 bits per heavy atom. The Labute approximate surface area is 133 Å². The van der Waals surface area contributed by atoms with Crippen molar-refractivity contribution in [2.75, 3.05) is 6.54 Å². The van der Waals surface area contributed by atoms with E-state index in [0.29, 0.717) is 17.0 Å². The highest BCUT2D eigenvalue weighted by Crippen LogP contribution is 2.32. The molecule has 0 amide bonds. The van der Waals surface area contributed by atoms with Gasteiger partial charge in [0, 0.05) is 11.1 Å². The van der Waals surface area contributed by atoms with Gasteiger partial charge in [-0.25, -0.2) is 4.39 Å². The molecule has 0 radical (unpaired) electrons. The smallest absolute Gasteiger partial charge is 0.124 e. The zero-order valence-corrected chi connectivity index (χ0v) is 13.9. The van der Waals surface area contributed by atoms with Crippen LogP contribution in [0.25, 0.3) is 0 Å². The summed E-state index contributed by atoms with van der Waals surface area (Å²) in [5, 5.41) is 4.25. The van der Waals surface area contributed by atoms with E-state index in [9.17, 15) is 4.39 Å². The summed E-state index contributed by atoms with van der Waals surface area (Å²) in [5.41, 5.74) is 1.06. The van der Waals surface area contributed by atoms with Gasteiger partial charge >= 0.3 is 0 Å². The molecule has 2 rings (SSSR count). The van der Waals surface area contributed by atoms with Crippen LogP contribution in [0, 0.1) is 17.7 Å². The van der Waals surface area contributed by atoms with E-state index >= 15 is 0 Å². The van der Waals surface area contributed by atoms with Crippen LogP contribution in [0.2, 0.25) is 5.02 Å². The molecule has 118 valence electrons. The van der Waals surface area contributed by atoms with Crippen LogP contribution in [0.5, 0.6) is 0 Å².